The van der Waals surface area contributed by atoms with Crippen LogP contribution in [0.2, 0.25) is 0 Å². The Morgan fingerprint density at radius 2 is 1.28 bits per heavy atom. The molecule has 0 unspecified atom stereocenters. The summed E-state index contributed by atoms with van der Waals surface area (Å²) < 4.78 is 17.9. The smallest absolute Gasteiger partial charge is 0.333 e. The first kappa shape index (κ1) is 23.5. The molecule has 0 amide bonds. The minimum Gasteiger partial charge on any atom is -0.463 e. The van der Waals surface area contributed by atoms with Crippen LogP contribution in [0.1, 0.15) is 36.1 Å². The van der Waals surface area contributed by atoms with Crippen molar-refractivity contribution >= 4 is 5.97 Å². The zero-order valence-corrected chi connectivity index (χ0v) is 18.5. The summed E-state index contributed by atoms with van der Waals surface area (Å²) in [5, 5.41) is 0. The van der Waals surface area contributed by atoms with Gasteiger partial charge in [0.15, 0.2) is 0 Å². The highest BCUT2D eigenvalue weighted by Gasteiger charge is 2.28. The van der Waals surface area contributed by atoms with Crippen LogP contribution in [0.25, 0.3) is 0 Å². The van der Waals surface area contributed by atoms with Crippen molar-refractivity contribution in [1.29, 1.82) is 0 Å². The standard InChI is InChI=1S/C28H30O4/c1-3-30-28(29)22(2)19-26(31-20-23-13-7-4-8-14-23)27(25-17-11-6-12-18-25)32-21-24-15-9-5-10-16-24/h4-18,26-27H,2-3,19-21H2,1H3/t26-,27-/m0/s1. The molecule has 4 heteroatoms. The van der Waals surface area contributed by atoms with Crippen molar-refractivity contribution in [3.63, 3.8) is 0 Å². The molecule has 0 aliphatic carbocycles. The van der Waals surface area contributed by atoms with E-state index in [0.29, 0.717) is 31.8 Å². The number of hydrogen-bond acceptors (Lipinski definition) is 4. The summed E-state index contributed by atoms with van der Waals surface area (Å²) in [7, 11) is 0. The fourth-order valence-corrected chi connectivity index (χ4v) is 3.41. The molecular weight excluding hydrogens is 400 g/mol. The van der Waals surface area contributed by atoms with E-state index in [1.54, 1.807) is 6.92 Å². The first-order valence-electron chi connectivity index (χ1n) is 10.9. The lowest BCUT2D eigenvalue weighted by Crippen LogP contribution is -2.27. The quantitative estimate of drug-likeness (QED) is 0.260. The molecule has 0 aliphatic heterocycles. The first-order chi connectivity index (χ1) is 15.7. The lowest BCUT2D eigenvalue weighted by Gasteiger charge is -2.28. The van der Waals surface area contributed by atoms with E-state index < -0.39 is 12.1 Å². The summed E-state index contributed by atoms with van der Waals surface area (Å²) in [5.41, 5.74) is 3.47. The molecule has 166 valence electrons. The van der Waals surface area contributed by atoms with Crippen LogP contribution < -0.4 is 0 Å². The van der Waals surface area contributed by atoms with Crippen molar-refractivity contribution in [2.24, 2.45) is 0 Å². The normalized spacial score (nSPS) is 12.7. The van der Waals surface area contributed by atoms with E-state index in [2.05, 4.69) is 6.58 Å². The van der Waals surface area contributed by atoms with Gasteiger partial charge in [-0.2, -0.15) is 0 Å². The molecule has 0 saturated heterocycles. The molecule has 0 N–H and O–H groups in total. The summed E-state index contributed by atoms with van der Waals surface area (Å²) in [6.45, 7) is 6.87. The van der Waals surface area contributed by atoms with E-state index in [9.17, 15) is 4.79 Å². The maximum absolute atomic E-state index is 12.3. The first-order valence-corrected chi connectivity index (χ1v) is 10.9. The molecule has 2 atom stereocenters. The summed E-state index contributed by atoms with van der Waals surface area (Å²) in [6, 6.07) is 29.9. The van der Waals surface area contributed by atoms with Gasteiger partial charge in [-0.3, -0.25) is 0 Å². The molecule has 0 saturated carbocycles. The average Bonchev–Trinajstić information content (AvgIpc) is 2.84. The third-order valence-corrected chi connectivity index (χ3v) is 5.06. The second-order valence-corrected chi connectivity index (χ2v) is 7.49. The number of carbonyl (C=O) groups excluding carboxylic acids is 1. The van der Waals surface area contributed by atoms with Crippen LogP contribution in [-0.2, 0) is 32.2 Å². The van der Waals surface area contributed by atoms with Crippen LogP contribution in [0.15, 0.2) is 103 Å². The van der Waals surface area contributed by atoms with Crippen LogP contribution in [0.4, 0.5) is 0 Å². The molecule has 0 bridgehead atoms. The van der Waals surface area contributed by atoms with Crippen molar-refractivity contribution < 1.29 is 19.0 Å². The van der Waals surface area contributed by atoms with E-state index in [-0.39, 0.29) is 6.10 Å². The number of benzene rings is 3. The molecule has 0 aromatic heterocycles. The Hall–Kier alpha value is -3.21. The Kier molecular flexibility index (Phi) is 9.23. The maximum atomic E-state index is 12.3. The third kappa shape index (κ3) is 7.19. The number of hydrogen-bond donors (Lipinski definition) is 0. The van der Waals surface area contributed by atoms with Gasteiger partial charge >= 0.3 is 5.97 Å². The van der Waals surface area contributed by atoms with Gasteiger partial charge in [-0.25, -0.2) is 4.79 Å². The molecule has 32 heavy (non-hydrogen) atoms. The van der Waals surface area contributed by atoms with E-state index >= 15 is 0 Å². The van der Waals surface area contributed by atoms with Crippen molar-refractivity contribution in [3.8, 4) is 0 Å². The zero-order valence-electron chi connectivity index (χ0n) is 18.5. The number of rotatable bonds is 12. The van der Waals surface area contributed by atoms with Gasteiger partial charge < -0.3 is 14.2 Å². The van der Waals surface area contributed by atoms with Gasteiger partial charge in [0, 0.05) is 12.0 Å². The van der Waals surface area contributed by atoms with Gasteiger partial charge in [0.05, 0.1) is 25.9 Å². The van der Waals surface area contributed by atoms with Gasteiger partial charge in [0.2, 0.25) is 0 Å². The molecule has 0 aliphatic rings. The highest BCUT2D eigenvalue weighted by molar-refractivity contribution is 5.87. The van der Waals surface area contributed by atoms with Crippen molar-refractivity contribution in [1.82, 2.24) is 0 Å². The summed E-state index contributed by atoms with van der Waals surface area (Å²) >= 11 is 0. The van der Waals surface area contributed by atoms with Gasteiger partial charge in [0.25, 0.3) is 0 Å². The third-order valence-electron chi connectivity index (χ3n) is 5.06. The predicted octanol–water partition coefficient (Wildman–Crippen LogP) is 6.04. The van der Waals surface area contributed by atoms with E-state index in [1.807, 2.05) is 91.0 Å². The maximum Gasteiger partial charge on any atom is 0.333 e. The van der Waals surface area contributed by atoms with E-state index in [0.717, 1.165) is 16.7 Å². The molecule has 3 aromatic rings. The fraction of sp³-hybridized carbons (Fsp3) is 0.250. The zero-order chi connectivity index (χ0) is 22.6. The van der Waals surface area contributed by atoms with Crippen LogP contribution >= 0.6 is 0 Å². The van der Waals surface area contributed by atoms with E-state index in [1.165, 1.54) is 0 Å². The van der Waals surface area contributed by atoms with Crippen molar-refractivity contribution in [2.75, 3.05) is 6.61 Å². The summed E-state index contributed by atoms with van der Waals surface area (Å²) in [6.07, 6.45) is -0.496. The molecule has 0 radical (unpaired) electrons. The summed E-state index contributed by atoms with van der Waals surface area (Å²) in [5.74, 6) is -0.407. The lowest BCUT2D eigenvalue weighted by atomic mass is 9.98. The van der Waals surface area contributed by atoms with Crippen molar-refractivity contribution in [3.05, 3.63) is 120 Å². The van der Waals surface area contributed by atoms with Gasteiger partial charge in [-0.1, -0.05) is 97.6 Å². The average molecular weight is 431 g/mol. The van der Waals surface area contributed by atoms with Gasteiger partial charge in [0.1, 0.15) is 6.10 Å². The highest BCUT2D eigenvalue weighted by Crippen LogP contribution is 2.30. The Bertz CT molecular complexity index is 954. The Balaban J connectivity index is 1.83. The predicted molar refractivity (Wildman–Crippen MR) is 126 cm³/mol. The van der Waals surface area contributed by atoms with E-state index in [4.69, 9.17) is 14.2 Å². The molecule has 3 rings (SSSR count). The number of carbonyl (C=O) groups is 1. The van der Waals surface area contributed by atoms with Gasteiger partial charge in [-0.15, -0.1) is 0 Å². The molecular formula is C28H30O4. The molecule has 0 heterocycles. The second-order valence-electron chi connectivity index (χ2n) is 7.49. The van der Waals surface area contributed by atoms with Crippen LogP contribution in [0.3, 0.4) is 0 Å². The van der Waals surface area contributed by atoms with Crippen molar-refractivity contribution in [2.45, 2.75) is 38.8 Å². The second kappa shape index (κ2) is 12.6. The topological polar surface area (TPSA) is 44.8 Å². The Morgan fingerprint density at radius 3 is 1.81 bits per heavy atom. The number of ether oxygens (including phenoxy) is 3. The monoisotopic (exact) mass is 430 g/mol. The molecule has 3 aromatic carbocycles. The SMILES string of the molecule is C=C(C[C@H](OCc1ccccc1)[C@@H](OCc1ccccc1)c1ccccc1)C(=O)OCC. The van der Waals surface area contributed by atoms with Crippen LogP contribution in [-0.4, -0.2) is 18.7 Å². The highest BCUT2D eigenvalue weighted by atomic mass is 16.5. The lowest BCUT2D eigenvalue weighted by molar-refractivity contribution is -0.139. The Labute approximate surface area is 190 Å². The Morgan fingerprint density at radius 1 is 0.781 bits per heavy atom. The summed E-state index contributed by atoms with van der Waals surface area (Å²) in [4.78, 5) is 12.3. The molecule has 4 nitrogen and oxygen atoms in total. The van der Waals surface area contributed by atoms with Crippen LogP contribution in [0, 0.1) is 0 Å². The fourth-order valence-electron chi connectivity index (χ4n) is 3.41. The minimum atomic E-state index is -0.418. The van der Waals surface area contributed by atoms with Crippen LogP contribution in [0.5, 0.6) is 0 Å². The van der Waals surface area contributed by atoms with Gasteiger partial charge in [-0.05, 0) is 23.6 Å². The molecule has 0 fully saturated rings. The largest absolute Gasteiger partial charge is 0.463 e. The molecule has 0 spiro atoms. The minimum absolute atomic E-state index is 0.306. The number of esters is 1.